The molecule has 1 saturated heterocycles. The van der Waals surface area contributed by atoms with Gasteiger partial charge in [0.05, 0.1) is 4.90 Å². The highest BCUT2D eigenvalue weighted by Gasteiger charge is 2.25. The molecule has 25 heavy (non-hydrogen) atoms. The molecule has 0 radical (unpaired) electrons. The molecular formula is C19H22N2O3S. The molecule has 0 saturated carbocycles. The number of anilines is 1. The Balaban J connectivity index is 1.81. The predicted molar refractivity (Wildman–Crippen MR) is 98.1 cm³/mol. The number of rotatable bonds is 4. The van der Waals surface area contributed by atoms with E-state index < -0.39 is 10.0 Å². The summed E-state index contributed by atoms with van der Waals surface area (Å²) in [5.74, 6) is -0.320. The zero-order valence-corrected chi connectivity index (χ0v) is 14.8. The van der Waals surface area contributed by atoms with Gasteiger partial charge in [-0.05, 0) is 43.2 Å². The second-order valence-corrected chi connectivity index (χ2v) is 8.10. The van der Waals surface area contributed by atoms with Gasteiger partial charge in [0.25, 0.3) is 5.91 Å². The van der Waals surface area contributed by atoms with E-state index in [2.05, 4.69) is 5.32 Å². The van der Waals surface area contributed by atoms with Crippen LogP contribution >= 0.6 is 0 Å². The van der Waals surface area contributed by atoms with Gasteiger partial charge in [-0.2, -0.15) is 4.31 Å². The van der Waals surface area contributed by atoms with Crippen LogP contribution in [0, 0.1) is 0 Å². The minimum absolute atomic E-state index is 0.176. The molecule has 0 spiro atoms. The van der Waals surface area contributed by atoms with E-state index in [1.54, 1.807) is 30.3 Å². The molecule has 0 aromatic heterocycles. The number of hydrogen-bond donors (Lipinski definition) is 1. The molecule has 1 N–H and O–H groups in total. The lowest BCUT2D eigenvalue weighted by Gasteiger charge is -2.20. The van der Waals surface area contributed by atoms with E-state index in [9.17, 15) is 13.2 Å². The highest BCUT2D eigenvalue weighted by atomic mass is 32.2. The van der Waals surface area contributed by atoms with Crippen molar-refractivity contribution < 1.29 is 13.2 Å². The Morgan fingerprint density at radius 2 is 1.56 bits per heavy atom. The van der Waals surface area contributed by atoms with Crippen molar-refractivity contribution in [3.63, 3.8) is 0 Å². The van der Waals surface area contributed by atoms with Crippen LogP contribution in [-0.2, 0) is 10.0 Å². The van der Waals surface area contributed by atoms with E-state index in [0.717, 1.165) is 25.7 Å². The maximum absolute atomic E-state index is 12.9. The summed E-state index contributed by atoms with van der Waals surface area (Å²) in [6.45, 7) is 1.09. The number of benzene rings is 2. The number of para-hydroxylation sites is 1. The average Bonchev–Trinajstić information content (AvgIpc) is 2.93. The molecule has 0 unspecified atom stereocenters. The Kier molecular flexibility index (Phi) is 5.50. The Morgan fingerprint density at radius 1 is 0.880 bits per heavy atom. The van der Waals surface area contributed by atoms with Crippen molar-refractivity contribution in [2.45, 2.75) is 30.6 Å². The van der Waals surface area contributed by atoms with Gasteiger partial charge in [0.15, 0.2) is 0 Å². The molecule has 3 rings (SSSR count). The molecule has 1 aliphatic rings. The van der Waals surface area contributed by atoms with Crippen LogP contribution in [0.15, 0.2) is 59.5 Å². The zero-order chi connectivity index (χ0) is 17.7. The first-order chi connectivity index (χ1) is 12.1. The molecular weight excluding hydrogens is 336 g/mol. The van der Waals surface area contributed by atoms with Crippen molar-refractivity contribution in [3.8, 4) is 0 Å². The van der Waals surface area contributed by atoms with Gasteiger partial charge in [0, 0.05) is 24.3 Å². The maximum atomic E-state index is 12.9. The van der Waals surface area contributed by atoms with Crippen molar-refractivity contribution in [1.82, 2.24) is 4.31 Å². The fourth-order valence-corrected chi connectivity index (χ4v) is 4.52. The standard InChI is InChI=1S/C19H22N2O3S/c22-19(20-17-10-4-3-5-11-17)16-9-8-12-18(15-16)25(23,24)21-13-6-1-2-7-14-21/h3-5,8-12,15H,1-2,6-7,13-14H2,(H,20,22). The highest BCUT2D eigenvalue weighted by molar-refractivity contribution is 7.89. The van der Waals surface area contributed by atoms with E-state index in [-0.39, 0.29) is 10.8 Å². The van der Waals surface area contributed by atoms with Gasteiger partial charge in [-0.1, -0.05) is 37.1 Å². The quantitative estimate of drug-likeness (QED) is 0.909. The Hall–Kier alpha value is -2.18. The van der Waals surface area contributed by atoms with E-state index in [4.69, 9.17) is 0 Å². The van der Waals surface area contributed by atoms with Crippen molar-refractivity contribution in [2.75, 3.05) is 18.4 Å². The molecule has 6 heteroatoms. The van der Waals surface area contributed by atoms with Gasteiger partial charge in [0.1, 0.15) is 0 Å². The van der Waals surface area contributed by atoms with Crippen molar-refractivity contribution in [3.05, 3.63) is 60.2 Å². The Labute approximate surface area is 148 Å². The normalized spacial score (nSPS) is 16.2. The van der Waals surface area contributed by atoms with Crippen LogP contribution in [0.1, 0.15) is 36.0 Å². The maximum Gasteiger partial charge on any atom is 0.255 e. The van der Waals surface area contributed by atoms with E-state index in [1.807, 2.05) is 18.2 Å². The van der Waals surface area contributed by atoms with Crippen LogP contribution in [0.25, 0.3) is 0 Å². The number of amides is 1. The summed E-state index contributed by atoms with van der Waals surface area (Å²) in [6.07, 6.45) is 3.89. The lowest BCUT2D eigenvalue weighted by molar-refractivity contribution is 0.102. The molecule has 132 valence electrons. The fraction of sp³-hybridized carbons (Fsp3) is 0.316. The first-order valence-electron chi connectivity index (χ1n) is 8.54. The lowest BCUT2D eigenvalue weighted by Crippen LogP contribution is -2.32. The number of hydrogen-bond acceptors (Lipinski definition) is 3. The van der Waals surface area contributed by atoms with Crippen LogP contribution in [0.3, 0.4) is 0 Å². The van der Waals surface area contributed by atoms with Crippen molar-refractivity contribution in [2.24, 2.45) is 0 Å². The summed E-state index contributed by atoms with van der Waals surface area (Å²) < 4.78 is 27.3. The van der Waals surface area contributed by atoms with Crippen LogP contribution in [-0.4, -0.2) is 31.7 Å². The summed E-state index contributed by atoms with van der Waals surface area (Å²) in [5, 5.41) is 2.78. The third kappa shape index (κ3) is 4.27. The second kappa shape index (κ2) is 7.80. The lowest BCUT2D eigenvalue weighted by atomic mass is 10.2. The number of nitrogens with one attached hydrogen (secondary N) is 1. The van der Waals surface area contributed by atoms with E-state index in [0.29, 0.717) is 24.3 Å². The molecule has 0 aliphatic carbocycles. The Bertz CT molecular complexity index is 827. The first-order valence-corrected chi connectivity index (χ1v) is 9.98. The predicted octanol–water partition coefficient (Wildman–Crippen LogP) is 3.50. The molecule has 1 aliphatic heterocycles. The summed E-state index contributed by atoms with van der Waals surface area (Å²) in [5.41, 5.74) is 1.01. The summed E-state index contributed by atoms with van der Waals surface area (Å²) in [4.78, 5) is 12.6. The molecule has 1 amide bonds. The van der Waals surface area contributed by atoms with E-state index in [1.165, 1.54) is 10.4 Å². The molecule has 1 heterocycles. The van der Waals surface area contributed by atoms with Gasteiger partial charge in [-0.3, -0.25) is 4.79 Å². The average molecular weight is 358 g/mol. The van der Waals surface area contributed by atoms with Crippen molar-refractivity contribution >= 4 is 21.6 Å². The fourth-order valence-electron chi connectivity index (χ4n) is 2.95. The minimum atomic E-state index is -3.56. The zero-order valence-electron chi connectivity index (χ0n) is 14.0. The van der Waals surface area contributed by atoms with Crippen LogP contribution < -0.4 is 5.32 Å². The monoisotopic (exact) mass is 358 g/mol. The van der Waals surface area contributed by atoms with Gasteiger partial charge in [0.2, 0.25) is 10.0 Å². The smallest absolute Gasteiger partial charge is 0.255 e. The number of carbonyl (C=O) groups is 1. The third-order valence-electron chi connectivity index (χ3n) is 4.33. The SMILES string of the molecule is O=C(Nc1ccccc1)c1cccc(S(=O)(=O)N2CCCCCC2)c1. The highest BCUT2D eigenvalue weighted by Crippen LogP contribution is 2.21. The first kappa shape index (κ1) is 17.6. The molecule has 1 fully saturated rings. The van der Waals surface area contributed by atoms with Gasteiger partial charge in [-0.25, -0.2) is 8.42 Å². The summed E-state index contributed by atoms with van der Waals surface area (Å²) >= 11 is 0. The number of nitrogens with zero attached hydrogens (tertiary/aromatic N) is 1. The van der Waals surface area contributed by atoms with Gasteiger partial charge < -0.3 is 5.32 Å². The van der Waals surface area contributed by atoms with E-state index >= 15 is 0 Å². The number of carbonyl (C=O) groups excluding carboxylic acids is 1. The Morgan fingerprint density at radius 3 is 2.24 bits per heavy atom. The second-order valence-electron chi connectivity index (χ2n) is 6.17. The molecule has 0 bridgehead atoms. The van der Waals surface area contributed by atoms with Gasteiger partial charge >= 0.3 is 0 Å². The van der Waals surface area contributed by atoms with Crippen molar-refractivity contribution in [1.29, 1.82) is 0 Å². The summed E-state index contributed by atoms with van der Waals surface area (Å²) in [6, 6.07) is 15.4. The number of sulfonamides is 1. The van der Waals surface area contributed by atoms with Crippen LogP contribution in [0.4, 0.5) is 5.69 Å². The minimum Gasteiger partial charge on any atom is -0.322 e. The summed E-state index contributed by atoms with van der Waals surface area (Å²) in [7, 11) is -3.56. The van der Waals surface area contributed by atoms with Crippen LogP contribution in [0.2, 0.25) is 0 Å². The third-order valence-corrected chi connectivity index (χ3v) is 6.23. The van der Waals surface area contributed by atoms with Gasteiger partial charge in [-0.15, -0.1) is 0 Å². The van der Waals surface area contributed by atoms with Crippen LogP contribution in [0.5, 0.6) is 0 Å². The largest absolute Gasteiger partial charge is 0.322 e. The molecule has 2 aromatic rings. The molecule has 0 atom stereocenters. The topological polar surface area (TPSA) is 66.5 Å². The molecule has 2 aromatic carbocycles. The molecule has 5 nitrogen and oxygen atoms in total.